The number of aromatic amines is 1. The van der Waals surface area contributed by atoms with Crippen LogP contribution in [0.5, 0.6) is 11.5 Å². The predicted octanol–water partition coefficient (Wildman–Crippen LogP) is 3.61. The molecule has 7 heteroatoms. The molecule has 0 atom stereocenters. The fourth-order valence-corrected chi connectivity index (χ4v) is 3.12. The number of halogens is 1. The summed E-state index contributed by atoms with van der Waals surface area (Å²) in [5.41, 5.74) is 2.67. The van der Waals surface area contributed by atoms with Gasteiger partial charge < -0.3 is 9.47 Å². The van der Waals surface area contributed by atoms with Gasteiger partial charge in [-0.15, -0.1) is 0 Å². The van der Waals surface area contributed by atoms with Crippen LogP contribution in [0.1, 0.15) is 30.2 Å². The first-order valence-electron chi connectivity index (χ1n) is 9.14. The standard InChI is InChI=1S/C21H20FN3O3/c1-2-3-18-17(21(26)25(24-18)16-7-5-15(22)6-8-16)12-23-11-14-4-9-19-20(10-14)28-13-27-19/h4-10,12,24H,2-3,11,13H2,1H3. The topological polar surface area (TPSA) is 68.6 Å². The van der Waals surface area contributed by atoms with Crippen molar-refractivity contribution in [1.82, 2.24) is 9.78 Å². The van der Waals surface area contributed by atoms with Crippen LogP contribution in [-0.4, -0.2) is 22.8 Å². The van der Waals surface area contributed by atoms with Gasteiger partial charge in [0.2, 0.25) is 6.79 Å². The van der Waals surface area contributed by atoms with E-state index in [4.69, 9.17) is 9.47 Å². The molecule has 1 aliphatic heterocycles. The second-order valence-electron chi connectivity index (χ2n) is 6.53. The summed E-state index contributed by atoms with van der Waals surface area (Å²) in [6.07, 6.45) is 3.20. The Morgan fingerprint density at radius 3 is 2.75 bits per heavy atom. The molecule has 28 heavy (non-hydrogen) atoms. The summed E-state index contributed by atoms with van der Waals surface area (Å²) in [5, 5.41) is 3.12. The number of aliphatic imine (C=N–C) groups is 1. The summed E-state index contributed by atoms with van der Waals surface area (Å²) < 4.78 is 25.3. The van der Waals surface area contributed by atoms with Crippen LogP contribution in [0.4, 0.5) is 4.39 Å². The lowest BCUT2D eigenvalue weighted by molar-refractivity contribution is 0.174. The molecule has 0 unspecified atom stereocenters. The van der Waals surface area contributed by atoms with E-state index in [2.05, 4.69) is 10.1 Å². The number of hydrogen-bond donors (Lipinski definition) is 1. The quantitative estimate of drug-likeness (QED) is 0.664. The van der Waals surface area contributed by atoms with Gasteiger partial charge >= 0.3 is 0 Å². The fraction of sp³-hybridized carbons (Fsp3) is 0.238. The first kappa shape index (κ1) is 18.0. The Hall–Kier alpha value is -3.35. The molecule has 0 aliphatic carbocycles. The summed E-state index contributed by atoms with van der Waals surface area (Å²) >= 11 is 0. The fourth-order valence-electron chi connectivity index (χ4n) is 3.12. The minimum absolute atomic E-state index is 0.204. The summed E-state index contributed by atoms with van der Waals surface area (Å²) in [6, 6.07) is 11.5. The Balaban J connectivity index is 1.60. The van der Waals surface area contributed by atoms with Crippen molar-refractivity contribution in [2.75, 3.05) is 6.79 Å². The van der Waals surface area contributed by atoms with Crippen LogP contribution in [0.2, 0.25) is 0 Å². The molecular weight excluding hydrogens is 361 g/mol. The van der Waals surface area contributed by atoms with E-state index in [1.54, 1.807) is 18.3 Å². The van der Waals surface area contributed by atoms with E-state index in [1.807, 2.05) is 25.1 Å². The highest BCUT2D eigenvalue weighted by molar-refractivity contribution is 5.81. The van der Waals surface area contributed by atoms with Crippen molar-refractivity contribution >= 4 is 6.21 Å². The first-order valence-corrected chi connectivity index (χ1v) is 9.14. The number of hydrogen-bond acceptors (Lipinski definition) is 4. The zero-order valence-corrected chi connectivity index (χ0v) is 15.4. The van der Waals surface area contributed by atoms with E-state index in [9.17, 15) is 9.18 Å². The maximum atomic E-state index is 13.2. The van der Waals surface area contributed by atoms with Gasteiger partial charge in [-0.25, -0.2) is 9.07 Å². The number of nitrogens with zero attached hydrogens (tertiary/aromatic N) is 2. The van der Waals surface area contributed by atoms with Gasteiger partial charge in [-0.05, 0) is 48.4 Å². The van der Waals surface area contributed by atoms with Gasteiger partial charge in [-0.1, -0.05) is 19.4 Å². The van der Waals surface area contributed by atoms with Crippen LogP contribution in [0, 0.1) is 5.82 Å². The van der Waals surface area contributed by atoms with Gasteiger partial charge in [0.05, 0.1) is 17.8 Å². The zero-order valence-electron chi connectivity index (χ0n) is 15.4. The van der Waals surface area contributed by atoms with Crippen LogP contribution >= 0.6 is 0 Å². The van der Waals surface area contributed by atoms with Crippen molar-refractivity contribution in [3.05, 3.63) is 75.5 Å². The van der Waals surface area contributed by atoms with Crippen LogP contribution in [0.15, 0.2) is 52.3 Å². The Morgan fingerprint density at radius 1 is 1.18 bits per heavy atom. The Morgan fingerprint density at radius 2 is 1.96 bits per heavy atom. The highest BCUT2D eigenvalue weighted by atomic mass is 19.1. The number of benzene rings is 2. The molecule has 6 nitrogen and oxygen atoms in total. The smallest absolute Gasteiger partial charge is 0.280 e. The number of aryl methyl sites for hydroxylation is 1. The number of fused-ring (bicyclic) bond motifs is 1. The second-order valence-corrected chi connectivity index (χ2v) is 6.53. The lowest BCUT2D eigenvalue weighted by atomic mass is 10.1. The molecule has 2 heterocycles. The maximum Gasteiger partial charge on any atom is 0.280 e. The Kier molecular flexibility index (Phi) is 4.97. The first-order chi connectivity index (χ1) is 13.7. The van der Waals surface area contributed by atoms with Crippen LogP contribution in [-0.2, 0) is 13.0 Å². The molecule has 1 aromatic heterocycles. The van der Waals surface area contributed by atoms with Gasteiger partial charge in [0.15, 0.2) is 11.5 Å². The van der Waals surface area contributed by atoms with Crippen LogP contribution in [0.25, 0.3) is 5.69 Å². The predicted molar refractivity (Wildman–Crippen MR) is 104 cm³/mol. The highest BCUT2D eigenvalue weighted by Crippen LogP contribution is 2.32. The molecule has 0 saturated heterocycles. The molecule has 3 aromatic rings. The van der Waals surface area contributed by atoms with Crippen molar-refractivity contribution in [3.8, 4) is 17.2 Å². The molecule has 1 N–H and O–H groups in total. The summed E-state index contributed by atoms with van der Waals surface area (Å²) in [7, 11) is 0. The van der Waals surface area contributed by atoms with Crippen molar-refractivity contribution < 1.29 is 13.9 Å². The molecule has 0 spiro atoms. The van der Waals surface area contributed by atoms with Gasteiger partial charge in [0.1, 0.15) is 5.82 Å². The van der Waals surface area contributed by atoms with Crippen molar-refractivity contribution in [2.45, 2.75) is 26.3 Å². The SMILES string of the molecule is CCCc1[nH]n(-c2ccc(F)cc2)c(=O)c1C=NCc1ccc2c(c1)OCO2. The van der Waals surface area contributed by atoms with E-state index < -0.39 is 0 Å². The normalized spacial score (nSPS) is 12.8. The van der Waals surface area contributed by atoms with E-state index in [1.165, 1.54) is 16.8 Å². The Labute approximate surface area is 161 Å². The van der Waals surface area contributed by atoms with Crippen molar-refractivity contribution in [2.24, 2.45) is 4.99 Å². The monoisotopic (exact) mass is 381 g/mol. The number of nitrogens with one attached hydrogen (secondary N) is 1. The molecule has 0 amide bonds. The minimum atomic E-state index is -0.345. The molecule has 2 aromatic carbocycles. The minimum Gasteiger partial charge on any atom is -0.454 e. The summed E-state index contributed by atoms with van der Waals surface area (Å²) in [5.74, 6) is 1.09. The largest absolute Gasteiger partial charge is 0.454 e. The third-order valence-electron chi connectivity index (χ3n) is 4.52. The van der Waals surface area contributed by atoms with E-state index in [0.29, 0.717) is 23.5 Å². The molecule has 0 bridgehead atoms. The average molecular weight is 381 g/mol. The number of aromatic nitrogens is 2. The number of ether oxygens (including phenoxy) is 2. The summed E-state index contributed by atoms with van der Waals surface area (Å²) in [6.45, 7) is 2.69. The second kappa shape index (κ2) is 7.72. The molecule has 4 rings (SSSR count). The van der Waals surface area contributed by atoms with E-state index in [-0.39, 0.29) is 18.2 Å². The van der Waals surface area contributed by atoms with Gasteiger partial charge in [-0.3, -0.25) is 14.9 Å². The lowest BCUT2D eigenvalue weighted by Gasteiger charge is -2.01. The maximum absolute atomic E-state index is 13.2. The van der Waals surface area contributed by atoms with E-state index >= 15 is 0 Å². The Bertz CT molecular complexity index is 1070. The molecule has 0 saturated carbocycles. The highest BCUT2D eigenvalue weighted by Gasteiger charge is 2.14. The van der Waals surface area contributed by atoms with Crippen LogP contribution in [0.3, 0.4) is 0 Å². The number of rotatable bonds is 6. The van der Waals surface area contributed by atoms with Crippen molar-refractivity contribution in [1.29, 1.82) is 0 Å². The van der Waals surface area contributed by atoms with Crippen LogP contribution < -0.4 is 15.0 Å². The average Bonchev–Trinajstić information content (AvgIpc) is 3.28. The molecular formula is C21H20FN3O3. The summed E-state index contributed by atoms with van der Waals surface area (Å²) in [4.78, 5) is 17.3. The third-order valence-corrected chi connectivity index (χ3v) is 4.52. The lowest BCUT2D eigenvalue weighted by Crippen LogP contribution is -2.17. The molecule has 1 aliphatic rings. The van der Waals surface area contributed by atoms with Gasteiger partial charge in [-0.2, -0.15) is 0 Å². The molecule has 0 radical (unpaired) electrons. The third kappa shape index (κ3) is 3.55. The zero-order chi connectivity index (χ0) is 19.5. The van der Waals surface area contributed by atoms with Crippen molar-refractivity contribution in [3.63, 3.8) is 0 Å². The molecule has 144 valence electrons. The van der Waals surface area contributed by atoms with Gasteiger partial charge in [0.25, 0.3) is 5.56 Å². The number of H-pyrrole nitrogens is 1. The van der Waals surface area contributed by atoms with E-state index in [0.717, 1.165) is 29.8 Å². The van der Waals surface area contributed by atoms with Gasteiger partial charge in [0, 0.05) is 11.9 Å². The molecule has 0 fully saturated rings.